The summed E-state index contributed by atoms with van der Waals surface area (Å²) in [4.78, 5) is 11.3. The number of Topliss-reactive ketones (excluding diaryl/α,β-unsaturated/α-hetero) is 1. The Balaban J connectivity index is 2.05. The molecule has 1 nitrogen and oxygen atoms in total. The van der Waals surface area contributed by atoms with E-state index in [0.717, 1.165) is 24.2 Å². The molecule has 0 radical (unpaired) electrons. The number of carbonyl (C=O) groups excluding carboxylic acids is 1. The van der Waals surface area contributed by atoms with Gasteiger partial charge in [0.25, 0.3) is 0 Å². The minimum absolute atomic E-state index is 0.531. The third-order valence-corrected chi connectivity index (χ3v) is 3.83. The van der Waals surface area contributed by atoms with Crippen molar-refractivity contribution in [3.05, 3.63) is 0 Å². The van der Waals surface area contributed by atoms with Crippen molar-refractivity contribution in [3.8, 4) is 0 Å². The van der Waals surface area contributed by atoms with E-state index >= 15 is 0 Å². The van der Waals surface area contributed by atoms with Gasteiger partial charge >= 0.3 is 0 Å². The Kier molecular flexibility index (Phi) is 0.781. The topological polar surface area (TPSA) is 17.1 Å². The van der Waals surface area contributed by atoms with Gasteiger partial charge < -0.3 is 0 Å². The Labute approximate surface area is 60.8 Å². The molecule has 4 atom stereocenters. The lowest BCUT2D eigenvalue weighted by molar-refractivity contribution is -0.120. The predicted octanol–water partition coefficient (Wildman–Crippen LogP) is 1.62. The van der Waals surface area contributed by atoms with Crippen molar-refractivity contribution in [2.24, 2.45) is 23.7 Å². The predicted molar refractivity (Wildman–Crippen MR) is 37.4 cm³/mol. The largest absolute Gasteiger partial charge is 0.299 e. The summed E-state index contributed by atoms with van der Waals surface area (Å²) in [5.74, 6) is 3.75. The Morgan fingerprint density at radius 1 is 1.20 bits per heavy atom. The van der Waals surface area contributed by atoms with Crippen LogP contribution in [-0.2, 0) is 4.79 Å². The van der Waals surface area contributed by atoms with E-state index in [-0.39, 0.29) is 0 Å². The van der Waals surface area contributed by atoms with Crippen LogP contribution in [0.1, 0.15) is 25.7 Å². The van der Waals surface area contributed by atoms with Crippen molar-refractivity contribution in [3.63, 3.8) is 0 Å². The molecule has 4 unspecified atom stereocenters. The highest BCUT2D eigenvalue weighted by Crippen LogP contribution is 2.58. The summed E-state index contributed by atoms with van der Waals surface area (Å²) in [6, 6.07) is 0. The molecule has 3 aliphatic carbocycles. The standard InChI is InChI=1S/C9H12O/c10-9-4-6-1-5-2-7(6)8(9)3-5/h5-8H,1-4H2. The first kappa shape index (κ1) is 5.34. The van der Waals surface area contributed by atoms with E-state index in [1.807, 2.05) is 0 Å². The maximum atomic E-state index is 11.3. The highest BCUT2D eigenvalue weighted by molar-refractivity contribution is 5.84. The minimum Gasteiger partial charge on any atom is -0.299 e. The van der Waals surface area contributed by atoms with E-state index in [1.54, 1.807) is 0 Å². The van der Waals surface area contributed by atoms with Crippen LogP contribution in [0.5, 0.6) is 0 Å². The summed E-state index contributed by atoms with van der Waals surface area (Å²) >= 11 is 0. The fourth-order valence-electron chi connectivity index (χ4n) is 3.51. The smallest absolute Gasteiger partial charge is 0.136 e. The molecule has 0 aliphatic heterocycles. The Morgan fingerprint density at radius 2 is 2.10 bits per heavy atom. The van der Waals surface area contributed by atoms with Gasteiger partial charge in [-0.1, -0.05) is 0 Å². The first-order valence-electron chi connectivity index (χ1n) is 4.37. The summed E-state index contributed by atoms with van der Waals surface area (Å²) in [5, 5.41) is 0. The molecule has 10 heavy (non-hydrogen) atoms. The highest BCUT2D eigenvalue weighted by Gasteiger charge is 2.53. The van der Waals surface area contributed by atoms with Crippen LogP contribution < -0.4 is 0 Å². The zero-order valence-electron chi connectivity index (χ0n) is 6.05. The van der Waals surface area contributed by atoms with Gasteiger partial charge in [0, 0.05) is 12.3 Å². The summed E-state index contributed by atoms with van der Waals surface area (Å²) in [6.07, 6.45) is 4.96. The van der Waals surface area contributed by atoms with Crippen molar-refractivity contribution in [2.75, 3.05) is 0 Å². The first-order valence-corrected chi connectivity index (χ1v) is 4.37. The van der Waals surface area contributed by atoms with Crippen LogP contribution in [0, 0.1) is 23.7 Å². The first-order chi connectivity index (χ1) is 4.84. The zero-order valence-corrected chi connectivity index (χ0v) is 6.05. The van der Waals surface area contributed by atoms with Gasteiger partial charge in [-0.25, -0.2) is 0 Å². The van der Waals surface area contributed by atoms with Crippen LogP contribution in [0.4, 0.5) is 0 Å². The van der Waals surface area contributed by atoms with Crippen LogP contribution in [-0.4, -0.2) is 5.78 Å². The molecule has 3 rings (SSSR count). The molecular formula is C9H12O. The molecule has 3 fully saturated rings. The quantitative estimate of drug-likeness (QED) is 0.494. The number of hydrogen-bond donors (Lipinski definition) is 0. The van der Waals surface area contributed by atoms with Gasteiger partial charge in [0.2, 0.25) is 0 Å². The van der Waals surface area contributed by atoms with E-state index in [9.17, 15) is 4.79 Å². The van der Waals surface area contributed by atoms with Gasteiger partial charge in [-0.2, -0.15) is 0 Å². The van der Waals surface area contributed by atoms with Crippen molar-refractivity contribution >= 4 is 5.78 Å². The lowest BCUT2D eigenvalue weighted by Gasteiger charge is -2.15. The molecular weight excluding hydrogens is 124 g/mol. The molecule has 0 aromatic heterocycles. The van der Waals surface area contributed by atoms with Crippen LogP contribution in [0.2, 0.25) is 0 Å². The summed E-state index contributed by atoms with van der Waals surface area (Å²) < 4.78 is 0. The molecule has 3 saturated carbocycles. The van der Waals surface area contributed by atoms with Gasteiger partial charge in [0.1, 0.15) is 5.78 Å². The van der Waals surface area contributed by atoms with E-state index in [4.69, 9.17) is 0 Å². The third-order valence-electron chi connectivity index (χ3n) is 3.83. The Bertz CT molecular complexity index is 195. The molecule has 0 aromatic carbocycles. The van der Waals surface area contributed by atoms with E-state index in [0.29, 0.717) is 11.7 Å². The van der Waals surface area contributed by atoms with E-state index < -0.39 is 0 Å². The third kappa shape index (κ3) is 0.446. The molecule has 54 valence electrons. The number of hydrogen-bond acceptors (Lipinski definition) is 1. The zero-order chi connectivity index (χ0) is 6.72. The van der Waals surface area contributed by atoms with Gasteiger partial charge in [0.15, 0.2) is 0 Å². The fraction of sp³-hybridized carbons (Fsp3) is 0.889. The Hall–Kier alpha value is -0.330. The lowest BCUT2D eigenvalue weighted by atomic mass is 9.89. The molecule has 0 aromatic rings. The highest BCUT2D eigenvalue weighted by atomic mass is 16.1. The lowest BCUT2D eigenvalue weighted by Crippen LogP contribution is -2.12. The van der Waals surface area contributed by atoms with Crippen molar-refractivity contribution in [1.82, 2.24) is 0 Å². The second-order valence-electron chi connectivity index (χ2n) is 4.27. The van der Waals surface area contributed by atoms with Gasteiger partial charge in [-0.15, -0.1) is 0 Å². The average Bonchev–Trinajstić information content (AvgIpc) is 2.44. The SMILES string of the molecule is O=C1CC2CC3CC1C2C3. The van der Waals surface area contributed by atoms with Gasteiger partial charge in [0.05, 0.1) is 0 Å². The van der Waals surface area contributed by atoms with Gasteiger partial charge in [-0.05, 0) is 37.0 Å². The van der Waals surface area contributed by atoms with Crippen LogP contribution >= 0.6 is 0 Å². The maximum absolute atomic E-state index is 11.3. The number of rotatable bonds is 0. The molecule has 0 heterocycles. The van der Waals surface area contributed by atoms with Crippen LogP contribution in [0.15, 0.2) is 0 Å². The number of ketones is 1. The second kappa shape index (κ2) is 1.46. The molecule has 0 spiro atoms. The summed E-state index contributed by atoms with van der Waals surface area (Å²) in [6.45, 7) is 0. The number of fused-ring (bicyclic) bond motifs is 1. The average molecular weight is 136 g/mol. The fourth-order valence-corrected chi connectivity index (χ4v) is 3.51. The normalized spacial score (nSPS) is 56.6. The summed E-state index contributed by atoms with van der Waals surface area (Å²) in [5.41, 5.74) is 0. The van der Waals surface area contributed by atoms with Crippen LogP contribution in [0.25, 0.3) is 0 Å². The Morgan fingerprint density at radius 3 is 2.70 bits per heavy atom. The second-order valence-corrected chi connectivity index (χ2v) is 4.27. The van der Waals surface area contributed by atoms with Crippen molar-refractivity contribution in [1.29, 1.82) is 0 Å². The number of carbonyl (C=O) groups is 1. The minimum atomic E-state index is 0.531. The molecule has 1 heteroatoms. The van der Waals surface area contributed by atoms with Crippen molar-refractivity contribution in [2.45, 2.75) is 25.7 Å². The monoisotopic (exact) mass is 136 g/mol. The summed E-state index contributed by atoms with van der Waals surface area (Å²) in [7, 11) is 0. The molecule has 3 aliphatic rings. The van der Waals surface area contributed by atoms with E-state index in [1.165, 1.54) is 19.3 Å². The van der Waals surface area contributed by atoms with Gasteiger partial charge in [-0.3, -0.25) is 4.79 Å². The molecule has 0 saturated heterocycles. The molecule has 0 N–H and O–H groups in total. The maximum Gasteiger partial charge on any atom is 0.136 e. The molecule has 2 bridgehead atoms. The van der Waals surface area contributed by atoms with E-state index in [2.05, 4.69) is 0 Å². The van der Waals surface area contributed by atoms with Crippen molar-refractivity contribution < 1.29 is 4.79 Å². The molecule has 0 amide bonds. The van der Waals surface area contributed by atoms with Crippen LogP contribution in [0.3, 0.4) is 0 Å².